The number of ether oxygens (including phenoxy) is 1. The lowest BCUT2D eigenvalue weighted by Gasteiger charge is -2.25. The van der Waals surface area contributed by atoms with Gasteiger partial charge in [0, 0.05) is 24.8 Å². The van der Waals surface area contributed by atoms with Crippen LogP contribution >= 0.6 is 0 Å². The molecule has 1 rings (SSSR count). The van der Waals surface area contributed by atoms with E-state index in [0.717, 1.165) is 0 Å². The van der Waals surface area contributed by atoms with Crippen molar-refractivity contribution in [2.24, 2.45) is 0 Å². The maximum Gasteiger partial charge on any atom is 0.130 e. The highest BCUT2D eigenvalue weighted by Crippen LogP contribution is 2.21. The van der Waals surface area contributed by atoms with Crippen LogP contribution in [0.3, 0.4) is 0 Å². The van der Waals surface area contributed by atoms with Crippen LogP contribution in [0.5, 0.6) is 0 Å². The quantitative estimate of drug-likeness (QED) is 0.858. The average molecular weight is 243 g/mol. The van der Waals surface area contributed by atoms with Crippen molar-refractivity contribution < 1.29 is 13.5 Å². The molecule has 0 amide bonds. The van der Waals surface area contributed by atoms with E-state index in [-0.39, 0.29) is 17.7 Å². The maximum absolute atomic E-state index is 13.5. The van der Waals surface area contributed by atoms with Gasteiger partial charge in [-0.05, 0) is 32.9 Å². The third kappa shape index (κ3) is 3.48. The lowest BCUT2D eigenvalue weighted by atomic mass is 10.1. The van der Waals surface area contributed by atoms with E-state index >= 15 is 0 Å². The molecule has 0 saturated carbocycles. The van der Waals surface area contributed by atoms with Gasteiger partial charge in [-0.3, -0.25) is 0 Å². The number of hydrogen-bond acceptors (Lipinski definition) is 2. The Bertz CT molecular complexity index is 350. The molecule has 0 fully saturated rings. The van der Waals surface area contributed by atoms with Gasteiger partial charge < -0.3 is 10.1 Å². The number of halogens is 2. The van der Waals surface area contributed by atoms with Gasteiger partial charge in [0.15, 0.2) is 0 Å². The van der Waals surface area contributed by atoms with Crippen LogP contribution in [-0.4, -0.2) is 19.3 Å². The third-order valence-corrected chi connectivity index (χ3v) is 3.02. The molecule has 96 valence electrons. The number of methoxy groups -OCH3 is 1. The average Bonchev–Trinajstić information content (AvgIpc) is 2.27. The van der Waals surface area contributed by atoms with Crippen molar-refractivity contribution in [1.29, 1.82) is 0 Å². The van der Waals surface area contributed by atoms with Crippen molar-refractivity contribution in [3.63, 3.8) is 0 Å². The molecule has 0 heterocycles. The number of hydrogen-bond donors (Lipinski definition) is 1. The van der Waals surface area contributed by atoms with E-state index in [4.69, 9.17) is 4.74 Å². The lowest BCUT2D eigenvalue weighted by Crippen LogP contribution is -2.38. The van der Waals surface area contributed by atoms with Crippen LogP contribution in [0.1, 0.15) is 32.4 Å². The molecule has 0 bridgehead atoms. The molecule has 0 saturated heterocycles. The van der Waals surface area contributed by atoms with E-state index in [1.165, 1.54) is 18.2 Å². The van der Waals surface area contributed by atoms with Crippen LogP contribution < -0.4 is 5.32 Å². The van der Waals surface area contributed by atoms with Crippen molar-refractivity contribution in [2.45, 2.75) is 39.0 Å². The summed E-state index contributed by atoms with van der Waals surface area (Å²) in [5, 5.41) is 3.12. The smallest absolute Gasteiger partial charge is 0.130 e. The largest absolute Gasteiger partial charge is 0.380 e. The van der Waals surface area contributed by atoms with Gasteiger partial charge in [-0.1, -0.05) is 6.07 Å². The first-order valence-electron chi connectivity index (χ1n) is 5.70. The Morgan fingerprint density at radius 1 is 1.12 bits per heavy atom. The second kappa shape index (κ2) is 6.07. The van der Waals surface area contributed by atoms with Gasteiger partial charge in [-0.2, -0.15) is 0 Å². The zero-order chi connectivity index (χ0) is 13.0. The second-order valence-corrected chi connectivity index (χ2v) is 4.25. The summed E-state index contributed by atoms with van der Waals surface area (Å²) in [6.45, 7) is 5.56. The fourth-order valence-corrected chi connectivity index (χ4v) is 1.74. The van der Waals surface area contributed by atoms with Gasteiger partial charge in [0.05, 0.1) is 6.10 Å². The Morgan fingerprint density at radius 2 is 1.65 bits per heavy atom. The van der Waals surface area contributed by atoms with E-state index < -0.39 is 17.7 Å². The summed E-state index contributed by atoms with van der Waals surface area (Å²) < 4.78 is 32.2. The van der Waals surface area contributed by atoms with Gasteiger partial charge in [0.2, 0.25) is 0 Å². The Balaban J connectivity index is 2.79. The first-order chi connectivity index (χ1) is 7.97. The Labute approximate surface area is 101 Å². The van der Waals surface area contributed by atoms with Crippen LogP contribution in [0.4, 0.5) is 8.78 Å². The fraction of sp³-hybridized carbons (Fsp3) is 0.538. The van der Waals surface area contributed by atoms with Gasteiger partial charge in [0.1, 0.15) is 11.6 Å². The van der Waals surface area contributed by atoms with Crippen molar-refractivity contribution in [3.8, 4) is 0 Å². The normalized spacial score (nSPS) is 16.6. The SMILES string of the molecule is COC(C)C(C)NC(C)c1c(F)cccc1F. The van der Waals surface area contributed by atoms with Crippen molar-refractivity contribution >= 4 is 0 Å². The molecule has 0 aliphatic carbocycles. The van der Waals surface area contributed by atoms with Crippen LogP contribution in [0.2, 0.25) is 0 Å². The molecular formula is C13H19F2NO. The van der Waals surface area contributed by atoms with E-state index in [2.05, 4.69) is 5.32 Å². The van der Waals surface area contributed by atoms with Crippen molar-refractivity contribution in [1.82, 2.24) is 5.32 Å². The van der Waals surface area contributed by atoms with E-state index in [1.54, 1.807) is 14.0 Å². The molecule has 17 heavy (non-hydrogen) atoms. The Morgan fingerprint density at radius 3 is 2.12 bits per heavy atom. The number of rotatable bonds is 5. The third-order valence-electron chi connectivity index (χ3n) is 3.02. The molecule has 0 aliphatic heterocycles. The van der Waals surface area contributed by atoms with Crippen molar-refractivity contribution in [2.75, 3.05) is 7.11 Å². The second-order valence-electron chi connectivity index (χ2n) is 4.25. The summed E-state index contributed by atoms with van der Waals surface area (Å²) in [7, 11) is 1.61. The Hall–Kier alpha value is -1.00. The minimum absolute atomic E-state index is 0.00834. The summed E-state index contributed by atoms with van der Waals surface area (Å²) in [4.78, 5) is 0. The summed E-state index contributed by atoms with van der Waals surface area (Å²) in [5.41, 5.74) is 0.0719. The molecule has 3 unspecified atom stereocenters. The first kappa shape index (κ1) is 14.1. The minimum atomic E-state index is -0.526. The van der Waals surface area contributed by atoms with Crippen LogP contribution in [0.25, 0.3) is 0 Å². The molecular weight excluding hydrogens is 224 g/mol. The summed E-state index contributed by atoms with van der Waals surface area (Å²) in [5.74, 6) is -1.05. The highest BCUT2D eigenvalue weighted by atomic mass is 19.1. The summed E-state index contributed by atoms with van der Waals surface area (Å²) >= 11 is 0. The lowest BCUT2D eigenvalue weighted by molar-refractivity contribution is 0.0848. The molecule has 0 radical (unpaired) electrons. The molecule has 0 aromatic heterocycles. The zero-order valence-corrected chi connectivity index (χ0v) is 10.6. The summed E-state index contributed by atoms with van der Waals surface area (Å²) in [6, 6.07) is 3.50. The first-order valence-corrected chi connectivity index (χ1v) is 5.70. The molecule has 0 aliphatic rings. The maximum atomic E-state index is 13.5. The van der Waals surface area contributed by atoms with E-state index in [9.17, 15) is 8.78 Å². The Kier molecular flexibility index (Phi) is 5.02. The van der Waals surface area contributed by atoms with Crippen LogP contribution in [0.15, 0.2) is 18.2 Å². The monoisotopic (exact) mass is 243 g/mol. The van der Waals surface area contributed by atoms with Crippen molar-refractivity contribution in [3.05, 3.63) is 35.4 Å². The van der Waals surface area contributed by atoms with E-state index in [0.29, 0.717) is 0 Å². The van der Waals surface area contributed by atoms with Gasteiger partial charge >= 0.3 is 0 Å². The van der Waals surface area contributed by atoms with Crippen LogP contribution in [-0.2, 0) is 4.74 Å². The molecule has 1 aromatic rings. The highest BCUT2D eigenvalue weighted by Gasteiger charge is 2.19. The predicted octanol–water partition coefficient (Wildman–Crippen LogP) is 3.04. The molecule has 3 atom stereocenters. The van der Waals surface area contributed by atoms with Gasteiger partial charge in [-0.15, -0.1) is 0 Å². The molecule has 0 spiro atoms. The van der Waals surface area contributed by atoms with Crippen LogP contribution in [0, 0.1) is 11.6 Å². The molecule has 1 aromatic carbocycles. The molecule has 2 nitrogen and oxygen atoms in total. The molecule has 4 heteroatoms. The zero-order valence-electron chi connectivity index (χ0n) is 10.6. The fourth-order valence-electron chi connectivity index (χ4n) is 1.74. The van der Waals surface area contributed by atoms with Gasteiger partial charge in [-0.25, -0.2) is 8.78 Å². The molecule has 1 N–H and O–H groups in total. The minimum Gasteiger partial charge on any atom is -0.380 e. The number of nitrogens with one attached hydrogen (secondary N) is 1. The number of benzene rings is 1. The standard InChI is InChI=1S/C13H19F2NO/c1-8(10(3)17-4)16-9(2)13-11(14)6-5-7-12(13)15/h5-10,16H,1-4H3. The topological polar surface area (TPSA) is 21.3 Å². The predicted molar refractivity (Wildman–Crippen MR) is 63.8 cm³/mol. The summed E-state index contributed by atoms with van der Waals surface area (Å²) in [6.07, 6.45) is -0.0210. The van der Waals surface area contributed by atoms with Gasteiger partial charge in [0.25, 0.3) is 0 Å². The van der Waals surface area contributed by atoms with E-state index in [1.807, 2.05) is 13.8 Å². The highest BCUT2D eigenvalue weighted by molar-refractivity contribution is 5.22.